The van der Waals surface area contributed by atoms with Crippen molar-refractivity contribution in [3.05, 3.63) is 29.0 Å². The average Bonchev–Trinajstić information content (AvgIpc) is 2.41. The molecule has 2 aromatic rings. The largest absolute Gasteiger partial charge is 0.380 e. The van der Waals surface area contributed by atoms with E-state index in [0.717, 1.165) is 45.5 Å². The Balaban J connectivity index is 1.86. The number of fused-ring (bicyclic) bond motifs is 1. The molecule has 1 N–H and O–H groups in total. The monoisotopic (exact) mass is 339 g/mol. The molecule has 0 saturated carbocycles. The van der Waals surface area contributed by atoms with Crippen LogP contribution in [0.15, 0.2) is 29.0 Å². The SMILES string of the molecule is O=S1CCC(Nc2ccnc3cc(Br)cnc23)CC1. The molecule has 0 radical (unpaired) electrons. The first-order chi connectivity index (χ1) is 9.22. The fourth-order valence-corrected chi connectivity index (χ4v) is 3.90. The van der Waals surface area contributed by atoms with Gasteiger partial charge in [-0.25, -0.2) is 0 Å². The number of anilines is 1. The Labute approximate surface area is 122 Å². The summed E-state index contributed by atoms with van der Waals surface area (Å²) in [5.74, 6) is 1.58. The van der Waals surface area contributed by atoms with E-state index in [1.54, 1.807) is 12.4 Å². The molecule has 0 atom stereocenters. The maximum Gasteiger partial charge on any atom is 0.112 e. The molecule has 1 saturated heterocycles. The van der Waals surface area contributed by atoms with Crippen LogP contribution in [0, 0.1) is 0 Å². The fraction of sp³-hybridized carbons (Fsp3) is 0.385. The van der Waals surface area contributed by atoms with Crippen LogP contribution in [0.3, 0.4) is 0 Å². The van der Waals surface area contributed by atoms with Gasteiger partial charge in [-0.15, -0.1) is 0 Å². The highest BCUT2D eigenvalue weighted by molar-refractivity contribution is 9.10. The predicted octanol–water partition coefficient (Wildman–Crippen LogP) is 2.72. The standard InChI is InChI=1S/C13H14BrN3OS/c14-9-7-12-13(16-8-9)11(1-4-15-12)17-10-2-5-19(18)6-3-10/h1,4,7-8,10H,2-3,5-6H2,(H,15,17). The highest BCUT2D eigenvalue weighted by atomic mass is 79.9. The lowest BCUT2D eigenvalue weighted by Crippen LogP contribution is -2.29. The van der Waals surface area contributed by atoms with Crippen LogP contribution in [-0.4, -0.2) is 31.7 Å². The summed E-state index contributed by atoms with van der Waals surface area (Å²) in [5, 5.41) is 3.51. The lowest BCUT2D eigenvalue weighted by atomic mass is 10.1. The first-order valence-electron chi connectivity index (χ1n) is 6.24. The summed E-state index contributed by atoms with van der Waals surface area (Å²) < 4.78 is 12.3. The summed E-state index contributed by atoms with van der Waals surface area (Å²) in [7, 11) is -0.623. The Hall–Kier alpha value is -1.01. The van der Waals surface area contributed by atoms with E-state index in [1.165, 1.54) is 0 Å². The number of rotatable bonds is 2. The minimum absolute atomic E-state index is 0.383. The molecule has 2 aromatic heterocycles. The zero-order valence-electron chi connectivity index (χ0n) is 10.3. The number of aromatic nitrogens is 2. The van der Waals surface area contributed by atoms with Crippen LogP contribution >= 0.6 is 15.9 Å². The zero-order valence-corrected chi connectivity index (χ0v) is 12.7. The van der Waals surface area contributed by atoms with Crippen LogP contribution in [0.1, 0.15) is 12.8 Å². The lowest BCUT2D eigenvalue weighted by molar-refractivity contribution is 0.624. The first kappa shape index (κ1) is 13.0. The van der Waals surface area contributed by atoms with Gasteiger partial charge in [0, 0.05) is 45.2 Å². The number of nitrogens with zero attached hydrogens (tertiary/aromatic N) is 2. The Bertz CT molecular complexity index is 624. The maximum absolute atomic E-state index is 11.4. The third kappa shape index (κ3) is 2.95. The molecule has 0 spiro atoms. The van der Waals surface area contributed by atoms with Crippen molar-refractivity contribution in [1.29, 1.82) is 0 Å². The van der Waals surface area contributed by atoms with E-state index in [2.05, 4.69) is 31.2 Å². The summed E-state index contributed by atoms with van der Waals surface area (Å²) in [6.07, 6.45) is 5.48. The summed E-state index contributed by atoms with van der Waals surface area (Å²) >= 11 is 3.41. The molecule has 0 aromatic carbocycles. The normalized spacial score (nSPS) is 23.4. The second kappa shape index (κ2) is 5.54. The molecule has 0 amide bonds. The Morgan fingerprint density at radius 3 is 2.89 bits per heavy atom. The summed E-state index contributed by atoms with van der Waals surface area (Å²) in [4.78, 5) is 8.76. The van der Waals surface area contributed by atoms with Gasteiger partial charge in [0.1, 0.15) is 5.52 Å². The minimum atomic E-state index is -0.623. The molecule has 1 aliphatic rings. The second-order valence-electron chi connectivity index (χ2n) is 4.65. The number of halogens is 1. The van der Waals surface area contributed by atoms with E-state index in [4.69, 9.17) is 0 Å². The highest BCUT2D eigenvalue weighted by Crippen LogP contribution is 2.24. The number of hydrogen-bond acceptors (Lipinski definition) is 4. The molecule has 100 valence electrons. The Morgan fingerprint density at radius 1 is 1.32 bits per heavy atom. The van der Waals surface area contributed by atoms with Gasteiger partial charge in [-0.3, -0.25) is 14.2 Å². The molecule has 3 heterocycles. The van der Waals surface area contributed by atoms with E-state index in [9.17, 15) is 4.21 Å². The van der Waals surface area contributed by atoms with Crippen LogP contribution in [0.25, 0.3) is 11.0 Å². The van der Waals surface area contributed by atoms with E-state index < -0.39 is 10.8 Å². The van der Waals surface area contributed by atoms with Crippen LogP contribution in [0.2, 0.25) is 0 Å². The average molecular weight is 340 g/mol. The lowest BCUT2D eigenvalue weighted by Gasteiger charge is -2.23. The van der Waals surface area contributed by atoms with Crippen molar-refractivity contribution >= 4 is 43.5 Å². The molecule has 19 heavy (non-hydrogen) atoms. The van der Waals surface area contributed by atoms with Crippen molar-refractivity contribution in [3.63, 3.8) is 0 Å². The van der Waals surface area contributed by atoms with Gasteiger partial charge in [-0.1, -0.05) is 0 Å². The summed E-state index contributed by atoms with van der Waals surface area (Å²) in [5.41, 5.74) is 2.77. The fourth-order valence-electron chi connectivity index (χ4n) is 2.28. The molecule has 6 heteroatoms. The van der Waals surface area contributed by atoms with E-state index >= 15 is 0 Å². The Kier molecular flexibility index (Phi) is 3.79. The minimum Gasteiger partial charge on any atom is -0.380 e. The van der Waals surface area contributed by atoms with E-state index in [-0.39, 0.29) is 0 Å². The van der Waals surface area contributed by atoms with Crippen molar-refractivity contribution in [3.8, 4) is 0 Å². The van der Waals surface area contributed by atoms with Gasteiger partial charge < -0.3 is 5.32 Å². The molecule has 1 fully saturated rings. The van der Waals surface area contributed by atoms with Crippen molar-refractivity contribution < 1.29 is 4.21 Å². The zero-order chi connectivity index (χ0) is 13.2. The molecule has 4 nitrogen and oxygen atoms in total. The number of nitrogens with one attached hydrogen (secondary N) is 1. The van der Waals surface area contributed by atoms with Gasteiger partial charge in [0.25, 0.3) is 0 Å². The predicted molar refractivity (Wildman–Crippen MR) is 81.8 cm³/mol. The maximum atomic E-state index is 11.4. The highest BCUT2D eigenvalue weighted by Gasteiger charge is 2.18. The number of pyridine rings is 2. The third-order valence-electron chi connectivity index (χ3n) is 3.29. The first-order valence-corrected chi connectivity index (χ1v) is 8.52. The van der Waals surface area contributed by atoms with Gasteiger partial charge in [-0.2, -0.15) is 0 Å². The van der Waals surface area contributed by atoms with Gasteiger partial charge in [0.2, 0.25) is 0 Å². The van der Waals surface area contributed by atoms with Gasteiger partial charge >= 0.3 is 0 Å². The smallest absolute Gasteiger partial charge is 0.112 e. The van der Waals surface area contributed by atoms with E-state index in [1.807, 2.05) is 12.1 Å². The molecule has 0 aliphatic carbocycles. The topological polar surface area (TPSA) is 54.9 Å². The van der Waals surface area contributed by atoms with Gasteiger partial charge in [0.05, 0.1) is 11.2 Å². The number of hydrogen-bond donors (Lipinski definition) is 1. The molecule has 3 rings (SSSR count). The van der Waals surface area contributed by atoms with Crippen LogP contribution in [0.5, 0.6) is 0 Å². The van der Waals surface area contributed by atoms with E-state index in [0.29, 0.717) is 6.04 Å². The van der Waals surface area contributed by atoms with Crippen molar-refractivity contribution in [2.75, 3.05) is 16.8 Å². The molecular weight excluding hydrogens is 326 g/mol. The van der Waals surface area contributed by atoms with Crippen molar-refractivity contribution in [2.45, 2.75) is 18.9 Å². The quantitative estimate of drug-likeness (QED) is 0.913. The van der Waals surface area contributed by atoms with Crippen molar-refractivity contribution in [2.24, 2.45) is 0 Å². The van der Waals surface area contributed by atoms with Crippen LogP contribution in [-0.2, 0) is 10.8 Å². The molecule has 1 aliphatic heterocycles. The summed E-state index contributed by atoms with van der Waals surface area (Å²) in [6.45, 7) is 0. The van der Waals surface area contributed by atoms with Gasteiger partial charge in [-0.05, 0) is 40.9 Å². The van der Waals surface area contributed by atoms with Crippen LogP contribution < -0.4 is 5.32 Å². The summed E-state index contributed by atoms with van der Waals surface area (Å²) in [6, 6.07) is 4.30. The van der Waals surface area contributed by atoms with Gasteiger partial charge in [0.15, 0.2) is 0 Å². The second-order valence-corrected chi connectivity index (χ2v) is 7.26. The Morgan fingerprint density at radius 2 is 2.11 bits per heavy atom. The molecule has 0 bridgehead atoms. The van der Waals surface area contributed by atoms with Crippen molar-refractivity contribution in [1.82, 2.24) is 9.97 Å². The third-order valence-corrected chi connectivity index (χ3v) is 5.11. The molecule has 0 unspecified atom stereocenters. The molecular formula is C13H14BrN3OS. The van der Waals surface area contributed by atoms with Crippen LogP contribution in [0.4, 0.5) is 5.69 Å².